The molecule has 1 rings (SSSR count). The van der Waals surface area contributed by atoms with Gasteiger partial charge in [-0.25, -0.2) is 0 Å². The molecule has 1 atom stereocenters. The van der Waals surface area contributed by atoms with Crippen LogP contribution in [-0.2, 0) is 11.2 Å². The highest BCUT2D eigenvalue weighted by atomic mass is 16.5. The molecule has 100 valence electrons. The van der Waals surface area contributed by atoms with Crippen molar-refractivity contribution in [1.82, 2.24) is 0 Å². The average Bonchev–Trinajstić information content (AvgIpc) is 2.35. The normalized spacial score (nSPS) is 12.0. The maximum Gasteiger partial charge on any atom is 0.306 e. The second-order valence-electron chi connectivity index (χ2n) is 4.36. The summed E-state index contributed by atoms with van der Waals surface area (Å²) in [5, 5.41) is 8.87. The van der Waals surface area contributed by atoms with E-state index in [1.54, 1.807) is 21.1 Å². The molecule has 0 radical (unpaired) electrons. The zero-order valence-electron chi connectivity index (χ0n) is 11.3. The highest BCUT2D eigenvalue weighted by molar-refractivity contribution is 5.69. The molecule has 0 bridgehead atoms. The lowest BCUT2D eigenvalue weighted by Crippen LogP contribution is -2.10. The minimum absolute atomic E-state index is 0.350. The second-order valence-corrected chi connectivity index (χ2v) is 4.36. The van der Waals surface area contributed by atoms with E-state index in [9.17, 15) is 4.79 Å². The van der Waals surface area contributed by atoms with Gasteiger partial charge in [0.05, 0.1) is 20.1 Å². The molecule has 18 heavy (non-hydrogen) atoms. The molecular formula is C14H20O4. The van der Waals surface area contributed by atoms with E-state index >= 15 is 0 Å². The Hall–Kier alpha value is -1.71. The molecule has 0 fully saturated rings. The van der Waals surface area contributed by atoms with Crippen molar-refractivity contribution in [3.8, 4) is 11.5 Å². The van der Waals surface area contributed by atoms with Gasteiger partial charge in [-0.05, 0) is 31.4 Å². The van der Waals surface area contributed by atoms with Gasteiger partial charge in [-0.15, -0.1) is 0 Å². The van der Waals surface area contributed by atoms with Gasteiger partial charge in [0, 0.05) is 5.56 Å². The lowest BCUT2D eigenvalue weighted by Gasteiger charge is -2.15. The lowest BCUT2D eigenvalue weighted by atomic mass is 9.98. The molecule has 0 amide bonds. The quantitative estimate of drug-likeness (QED) is 0.845. The molecule has 0 saturated carbocycles. The summed E-state index contributed by atoms with van der Waals surface area (Å²) in [7, 11) is 3.24. The summed E-state index contributed by atoms with van der Waals surface area (Å²) in [5.41, 5.74) is 1.96. The van der Waals surface area contributed by atoms with Crippen LogP contribution >= 0.6 is 0 Å². The molecule has 4 nitrogen and oxygen atoms in total. The smallest absolute Gasteiger partial charge is 0.306 e. The van der Waals surface area contributed by atoms with E-state index in [4.69, 9.17) is 14.6 Å². The fourth-order valence-electron chi connectivity index (χ4n) is 1.93. The van der Waals surface area contributed by atoms with E-state index in [1.807, 2.05) is 19.1 Å². The highest BCUT2D eigenvalue weighted by Gasteiger charge is 2.15. The molecule has 0 spiro atoms. The second kappa shape index (κ2) is 6.28. The largest absolute Gasteiger partial charge is 0.496 e. The molecule has 0 aliphatic carbocycles. The van der Waals surface area contributed by atoms with Crippen LogP contribution in [-0.4, -0.2) is 25.3 Å². The zero-order chi connectivity index (χ0) is 13.7. The fourth-order valence-corrected chi connectivity index (χ4v) is 1.93. The first-order valence-electron chi connectivity index (χ1n) is 5.94. The third kappa shape index (κ3) is 3.15. The summed E-state index contributed by atoms with van der Waals surface area (Å²) < 4.78 is 10.6. The van der Waals surface area contributed by atoms with Crippen molar-refractivity contribution in [1.29, 1.82) is 0 Å². The number of aliphatic carboxylic acids is 1. The molecule has 0 aliphatic rings. The van der Waals surface area contributed by atoms with Gasteiger partial charge >= 0.3 is 5.97 Å². The topological polar surface area (TPSA) is 55.8 Å². The lowest BCUT2D eigenvalue weighted by molar-refractivity contribution is -0.141. The minimum Gasteiger partial charge on any atom is -0.496 e. The summed E-state index contributed by atoms with van der Waals surface area (Å²) in [5.74, 6) is 0.449. The molecule has 1 aromatic rings. The van der Waals surface area contributed by atoms with Crippen molar-refractivity contribution in [3.05, 3.63) is 23.3 Å². The molecule has 0 aromatic heterocycles. The van der Waals surface area contributed by atoms with Crippen LogP contribution in [0.1, 0.15) is 24.5 Å². The monoisotopic (exact) mass is 252 g/mol. The maximum absolute atomic E-state index is 10.8. The Kier molecular flexibility index (Phi) is 5.01. The number of methoxy groups -OCH3 is 2. The molecule has 1 N–H and O–H groups in total. The van der Waals surface area contributed by atoms with E-state index in [2.05, 4.69) is 0 Å². The van der Waals surface area contributed by atoms with E-state index in [0.29, 0.717) is 12.8 Å². The number of benzene rings is 1. The van der Waals surface area contributed by atoms with Gasteiger partial charge < -0.3 is 14.6 Å². The molecule has 0 saturated heterocycles. The molecule has 4 heteroatoms. The Bertz CT molecular complexity index is 426. The summed E-state index contributed by atoms with van der Waals surface area (Å²) in [6.07, 6.45) is 1.28. The number of carboxylic acids is 1. The van der Waals surface area contributed by atoms with Gasteiger partial charge in [-0.3, -0.25) is 4.79 Å². The Morgan fingerprint density at radius 2 is 2.00 bits per heavy atom. The first kappa shape index (κ1) is 14.4. The molecule has 0 aliphatic heterocycles. The van der Waals surface area contributed by atoms with Crippen molar-refractivity contribution in [2.75, 3.05) is 14.2 Å². The Morgan fingerprint density at radius 1 is 1.33 bits per heavy atom. The van der Waals surface area contributed by atoms with Crippen LogP contribution in [0.5, 0.6) is 11.5 Å². The Balaban J connectivity index is 2.89. The third-order valence-electron chi connectivity index (χ3n) is 3.13. The van der Waals surface area contributed by atoms with E-state index in [-0.39, 0.29) is 5.92 Å². The van der Waals surface area contributed by atoms with E-state index in [1.165, 1.54) is 0 Å². The van der Waals surface area contributed by atoms with Crippen LogP contribution < -0.4 is 9.47 Å². The summed E-state index contributed by atoms with van der Waals surface area (Å²) >= 11 is 0. The predicted molar refractivity (Wildman–Crippen MR) is 69.4 cm³/mol. The standard InChI is InChI=1S/C14H20O4/c1-9(14(15)16)5-6-11-7-8-12(17-3)10(2)13(11)18-4/h7-9H,5-6H2,1-4H3,(H,15,16). The Morgan fingerprint density at radius 3 is 2.50 bits per heavy atom. The number of hydrogen-bond donors (Lipinski definition) is 1. The molecule has 1 unspecified atom stereocenters. The summed E-state index contributed by atoms with van der Waals surface area (Å²) in [4.78, 5) is 10.8. The van der Waals surface area contributed by atoms with Gasteiger partial charge in [0.2, 0.25) is 0 Å². The number of ether oxygens (including phenoxy) is 2. The van der Waals surface area contributed by atoms with Crippen molar-refractivity contribution in [2.45, 2.75) is 26.7 Å². The molecular weight excluding hydrogens is 232 g/mol. The maximum atomic E-state index is 10.8. The van der Waals surface area contributed by atoms with Crippen LogP contribution in [0.3, 0.4) is 0 Å². The van der Waals surface area contributed by atoms with Crippen LogP contribution in [0.2, 0.25) is 0 Å². The van der Waals surface area contributed by atoms with E-state index in [0.717, 1.165) is 22.6 Å². The highest BCUT2D eigenvalue weighted by Crippen LogP contribution is 2.32. The van der Waals surface area contributed by atoms with Gasteiger partial charge in [0.15, 0.2) is 0 Å². The van der Waals surface area contributed by atoms with Gasteiger partial charge in [0.25, 0.3) is 0 Å². The van der Waals surface area contributed by atoms with Gasteiger partial charge in [-0.1, -0.05) is 13.0 Å². The van der Waals surface area contributed by atoms with E-state index < -0.39 is 5.97 Å². The van der Waals surface area contributed by atoms with Crippen molar-refractivity contribution < 1.29 is 19.4 Å². The van der Waals surface area contributed by atoms with Crippen molar-refractivity contribution in [3.63, 3.8) is 0 Å². The van der Waals surface area contributed by atoms with Crippen molar-refractivity contribution >= 4 is 5.97 Å². The van der Waals surface area contributed by atoms with Crippen molar-refractivity contribution in [2.24, 2.45) is 5.92 Å². The minimum atomic E-state index is -0.765. The van der Waals surface area contributed by atoms with Crippen LogP contribution in [0, 0.1) is 12.8 Å². The number of rotatable bonds is 6. The SMILES string of the molecule is COc1ccc(CCC(C)C(=O)O)c(OC)c1C. The van der Waals surface area contributed by atoms with Gasteiger partial charge in [-0.2, -0.15) is 0 Å². The number of carbonyl (C=O) groups is 1. The fraction of sp³-hybridized carbons (Fsp3) is 0.500. The third-order valence-corrected chi connectivity index (χ3v) is 3.13. The van der Waals surface area contributed by atoms with Gasteiger partial charge in [0.1, 0.15) is 11.5 Å². The van der Waals surface area contributed by atoms with Crippen LogP contribution in [0.4, 0.5) is 0 Å². The number of carboxylic acid groups (broad SMARTS) is 1. The number of aryl methyl sites for hydroxylation is 1. The molecule has 1 aromatic carbocycles. The first-order valence-corrected chi connectivity index (χ1v) is 5.94. The first-order chi connectivity index (χ1) is 8.51. The molecule has 0 heterocycles. The average molecular weight is 252 g/mol. The predicted octanol–water partition coefficient (Wildman–Crippen LogP) is 2.67. The van der Waals surface area contributed by atoms with Crippen LogP contribution in [0.15, 0.2) is 12.1 Å². The zero-order valence-corrected chi connectivity index (χ0v) is 11.3. The Labute approximate surface area is 108 Å². The summed E-state index contributed by atoms with van der Waals surface area (Å²) in [6.45, 7) is 3.65. The number of hydrogen-bond acceptors (Lipinski definition) is 3. The summed E-state index contributed by atoms with van der Waals surface area (Å²) in [6, 6.07) is 3.82. The van der Waals surface area contributed by atoms with Crippen LogP contribution in [0.25, 0.3) is 0 Å².